The van der Waals surface area contributed by atoms with Gasteiger partial charge in [-0.3, -0.25) is 9.88 Å². The molecule has 0 fully saturated rings. The number of hydrogen-bond donors (Lipinski definition) is 1. The number of rotatable bonds is 3. The molecule has 0 atom stereocenters. The third kappa shape index (κ3) is 3.48. The van der Waals surface area contributed by atoms with E-state index in [9.17, 15) is 5.11 Å². The first kappa shape index (κ1) is 16.0. The molecule has 0 unspecified atom stereocenters. The zero-order chi connectivity index (χ0) is 17.2. The zero-order valence-corrected chi connectivity index (χ0v) is 14.3. The molecule has 0 aliphatic carbocycles. The normalized spacial score (nSPS) is 14.3. The Morgan fingerprint density at radius 3 is 2.92 bits per heavy atom. The highest BCUT2D eigenvalue weighted by Crippen LogP contribution is 2.26. The first-order chi connectivity index (χ1) is 12.2. The fourth-order valence-electron chi connectivity index (χ4n) is 3.05. The average molecular weight is 353 g/mol. The van der Waals surface area contributed by atoms with Crippen molar-refractivity contribution < 1.29 is 5.11 Å². The minimum atomic E-state index is 0.189. The summed E-state index contributed by atoms with van der Waals surface area (Å²) >= 11 is 6.22. The van der Waals surface area contributed by atoms with E-state index >= 15 is 0 Å². The molecule has 6 heteroatoms. The second-order valence-electron chi connectivity index (χ2n) is 6.14. The van der Waals surface area contributed by atoms with Crippen LogP contribution in [0.4, 0.5) is 0 Å². The first-order valence-corrected chi connectivity index (χ1v) is 8.52. The van der Waals surface area contributed by atoms with Crippen molar-refractivity contribution in [2.45, 2.75) is 19.5 Å². The quantitative estimate of drug-likeness (QED) is 0.782. The number of benzene rings is 1. The van der Waals surface area contributed by atoms with Crippen molar-refractivity contribution >= 4 is 11.6 Å². The van der Waals surface area contributed by atoms with Crippen LogP contribution < -0.4 is 0 Å². The molecule has 0 amide bonds. The van der Waals surface area contributed by atoms with Crippen molar-refractivity contribution in [3.05, 3.63) is 70.8 Å². The lowest BCUT2D eigenvalue weighted by atomic mass is 10.1. The molecule has 126 valence electrons. The monoisotopic (exact) mass is 352 g/mol. The molecule has 3 aromatic rings. The Balaban J connectivity index is 1.52. The van der Waals surface area contributed by atoms with E-state index in [1.54, 1.807) is 24.5 Å². The second-order valence-corrected chi connectivity index (χ2v) is 6.55. The van der Waals surface area contributed by atoms with Gasteiger partial charge in [0.05, 0.1) is 5.69 Å². The van der Waals surface area contributed by atoms with Gasteiger partial charge in [0.15, 0.2) is 5.82 Å². The number of fused-ring (bicyclic) bond motifs is 1. The van der Waals surface area contributed by atoms with Crippen LogP contribution in [-0.2, 0) is 19.5 Å². The minimum Gasteiger partial charge on any atom is -0.508 e. The van der Waals surface area contributed by atoms with Gasteiger partial charge in [-0.25, -0.2) is 9.97 Å². The highest BCUT2D eigenvalue weighted by atomic mass is 35.5. The Morgan fingerprint density at radius 1 is 1.20 bits per heavy atom. The Hall–Kier alpha value is -2.50. The van der Waals surface area contributed by atoms with Crippen molar-refractivity contribution in [2.75, 3.05) is 6.54 Å². The van der Waals surface area contributed by atoms with Crippen LogP contribution in [0.2, 0.25) is 5.02 Å². The first-order valence-electron chi connectivity index (χ1n) is 8.14. The molecule has 1 aromatic carbocycles. The molecular weight excluding hydrogens is 336 g/mol. The number of phenols is 1. The number of nitrogens with zero attached hydrogens (tertiary/aromatic N) is 4. The molecule has 1 aliphatic heterocycles. The molecule has 3 heterocycles. The fraction of sp³-hybridized carbons (Fsp3) is 0.211. The van der Waals surface area contributed by atoms with Gasteiger partial charge in [-0.2, -0.15) is 0 Å². The molecule has 1 aliphatic rings. The van der Waals surface area contributed by atoms with Gasteiger partial charge in [-0.1, -0.05) is 17.7 Å². The number of hydrogen-bond acceptors (Lipinski definition) is 5. The summed E-state index contributed by atoms with van der Waals surface area (Å²) in [6, 6.07) is 8.98. The third-order valence-corrected chi connectivity index (χ3v) is 4.72. The van der Waals surface area contributed by atoms with Gasteiger partial charge in [0.2, 0.25) is 0 Å². The van der Waals surface area contributed by atoms with Gasteiger partial charge < -0.3 is 5.11 Å². The third-order valence-electron chi connectivity index (χ3n) is 4.36. The summed E-state index contributed by atoms with van der Waals surface area (Å²) in [5, 5.41) is 10.1. The van der Waals surface area contributed by atoms with Gasteiger partial charge in [-0.15, -0.1) is 0 Å². The predicted molar refractivity (Wildman–Crippen MR) is 96.2 cm³/mol. The van der Waals surface area contributed by atoms with E-state index in [0.717, 1.165) is 54.3 Å². The number of phenolic OH excluding ortho intramolecular Hbond substituents is 1. The van der Waals surface area contributed by atoms with Crippen molar-refractivity contribution in [3.8, 4) is 17.1 Å². The standard InChI is InChI=1S/C19H17ClN4O/c20-17-8-16(25)4-3-14(17)11-24-7-5-18-15(12-24)10-22-19(23-18)13-2-1-6-21-9-13/h1-4,6,8-10,25H,5,7,11-12H2. The fourth-order valence-corrected chi connectivity index (χ4v) is 3.28. The number of halogens is 1. The molecule has 0 bridgehead atoms. The van der Waals surface area contributed by atoms with Gasteiger partial charge in [-0.05, 0) is 29.8 Å². The lowest BCUT2D eigenvalue weighted by Gasteiger charge is -2.28. The topological polar surface area (TPSA) is 62.1 Å². The van der Waals surface area contributed by atoms with E-state index in [-0.39, 0.29) is 5.75 Å². The molecule has 2 aromatic heterocycles. The summed E-state index contributed by atoms with van der Waals surface area (Å²) in [6.45, 7) is 2.44. The molecule has 0 spiro atoms. The summed E-state index contributed by atoms with van der Waals surface area (Å²) in [6.07, 6.45) is 6.31. The molecule has 0 saturated carbocycles. The maximum absolute atomic E-state index is 9.47. The van der Waals surface area contributed by atoms with Crippen LogP contribution >= 0.6 is 11.6 Å². The molecule has 1 N–H and O–H groups in total. The summed E-state index contributed by atoms with van der Waals surface area (Å²) in [4.78, 5) is 15.7. The molecular formula is C19H17ClN4O. The van der Waals surface area contributed by atoms with Gasteiger partial charge in [0.25, 0.3) is 0 Å². The highest BCUT2D eigenvalue weighted by molar-refractivity contribution is 6.31. The average Bonchev–Trinajstić information content (AvgIpc) is 2.64. The van der Waals surface area contributed by atoms with Gasteiger partial charge in [0.1, 0.15) is 5.75 Å². The number of aromatic nitrogens is 3. The summed E-state index contributed by atoms with van der Waals surface area (Å²) in [5.41, 5.74) is 4.19. The van der Waals surface area contributed by atoms with Crippen LogP contribution in [0.3, 0.4) is 0 Å². The summed E-state index contributed by atoms with van der Waals surface area (Å²) in [7, 11) is 0. The highest BCUT2D eigenvalue weighted by Gasteiger charge is 2.19. The molecule has 0 saturated heterocycles. The van der Waals surface area contributed by atoms with E-state index < -0.39 is 0 Å². The van der Waals surface area contributed by atoms with Crippen LogP contribution in [0.15, 0.2) is 48.9 Å². The van der Waals surface area contributed by atoms with E-state index in [0.29, 0.717) is 5.02 Å². The smallest absolute Gasteiger partial charge is 0.160 e. The van der Waals surface area contributed by atoms with E-state index in [1.165, 1.54) is 0 Å². The molecule has 25 heavy (non-hydrogen) atoms. The van der Waals surface area contributed by atoms with Crippen molar-refractivity contribution in [2.24, 2.45) is 0 Å². The Bertz CT molecular complexity index is 901. The lowest BCUT2D eigenvalue weighted by Crippen LogP contribution is -2.31. The van der Waals surface area contributed by atoms with Crippen LogP contribution in [0.5, 0.6) is 5.75 Å². The van der Waals surface area contributed by atoms with Crippen LogP contribution in [-0.4, -0.2) is 31.5 Å². The predicted octanol–water partition coefficient (Wildman–Crippen LogP) is 3.46. The van der Waals surface area contributed by atoms with E-state index in [4.69, 9.17) is 16.6 Å². The zero-order valence-electron chi connectivity index (χ0n) is 13.6. The lowest BCUT2D eigenvalue weighted by molar-refractivity contribution is 0.243. The summed E-state index contributed by atoms with van der Waals surface area (Å²) in [5.74, 6) is 0.913. The SMILES string of the molecule is Oc1ccc(CN2CCc3nc(-c4cccnc4)ncc3C2)c(Cl)c1. The molecule has 0 radical (unpaired) electrons. The van der Waals surface area contributed by atoms with Gasteiger partial charge >= 0.3 is 0 Å². The van der Waals surface area contributed by atoms with Crippen molar-refractivity contribution in [3.63, 3.8) is 0 Å². The maximum atomic E-state index is 9.47. The Kier molecular flexibility index (Phi) is 4.34. The van der Waals surface area contributed by atoms with Gasteiger partial charge in [0, 0.05) is 60.8 Å². The van der Waals surface area contributed by atoms with E-state index in [1.807, 2.05) is 24.4 Å². The molecule has 4 rings (SSSR count). The Labute approximate surface area is 151 Å². The second kappa shape index (κ2) is 6.78. The van der Waals surface area contributed by atoms with Crippen LogP contribution in [0.1, 0.15) is 16.8 Å². The summed E-state index contributed by atoms with van der Waals surface area (Å²) < 4.78 is 0. The number of pyridine rings is 1. The van der Waals surface area contributed by atoms with Crippen molar-refractivity contribution in [1.29, 1.82) is 0 Å². The van der Waals surface area contributed by atoms with Crippen LogP contribution in [0.25, 0.3) is 11.4 Å². The number of aromatic hydroxyl groups is 1. The van der Waals surface area contributed by atoms with E-state index in [2.05, 4.69) is 14.9 Å². The Morgan fingerprint density at radius 2 is 2.12 bits per heavy atom. The largest absolute Gasteiger partial charge is 0.508 e. The molecule has 5 nitrogen and oxygen atoms in total. The maximum Gasteiger partial charge on any atom is 0.160 e. The van der Waals surface area contributed by atoms with Crippen molar-refractivity contribution in [1.82, 2.24) is 19.9 Å². The van der Waals surface area contributed by atoms with Crippen LogP contribution in [0, 0.1) is 0 Å². The minimum absolute atomic E-state index is 0.189.